The zero-order chi connectivity index (χ0) is 14.5. The van der Waals surface area contributed by atoms with Crippen molar-refractivity contribution in [1.29, 1.82) is 5.26 Å². The molecule has 2 rings (SSSR count). The molecular weight excluding hydrogens is 255 g/mol. The molecule has 1 fully saturated rings. The van der Waals surface area contributed by atoms with Gasteiger partial charge in [0.25, 0.3) is 0 Å². The van der Waals surface area contributed by atoms with Gasteiger partial charge in [0.05, 0.1) is 11.7 Å². The molecule has 0 radical (unpaired) electrons. The molecule has 0 bridgehead atoms. The number of nitriles is 1. The van der Waals surface area contributed by atoms with Crippen molar-refractivity contribution in [1.82, 2.24) is 4.90 Å². The molecule has 1 N–H and O–H groups in total. The summed E-state index contributed by atoms with van der Waals surface area (Å²) in [5.41, 5.74) is 1.02. The van der Waals surface area contributed by atoms with E-state index in [1.54, 1.807) is 12.1 Å². The van der Waals surface area contributed by atoms with Crippen molar-refractivity contribution in [2.75, 3.05) is 6.54 Å². The lowest BCUT2D eigenvalue weighted by atomic mass is 9.95. The first kappa shape index (κ1) is 15.0. The maximum atomic E-state index is 13.3. The minimum atomic E-state index is -0.472. The van der Waals surface area contributed by atoms with Gasteiger partial charge >= 0.3 is 0 Å². The average molecular weight is 276 g/mol. The van der Waals surface area contributed by atoms with E-state index in [0.29, 0.717) is 6.54 Å². The number of hydrogen-bond donors (Lipinski definition) is 1. The highest BCUT2D eigenvalue weighted by Crippen LogP contribution is 2.23. The van der Waals surface area contributed by atoms with Crippen LogP contribution in [0.4, 0.5) is 4.39 Å². The van der Waals surface area contributed by atoms with E-state index >= 15 is 0 Å². The fraction of sp³-hybridized carbons (Fsp3) is 0.562. The van der Waals surface area contributed by atoms with Gasteiger partial charge in [-0.25, -0.2) is 4.39 Å². The second-order valence-corrected chi connectivity index (χ2v) is 5.44. The molecule has 0 aromatic heterocycles. The first-order valence-corrected chi connectivity index (χ1v) is 7.26. The van der Waals surface area contributed by atoms with Crippen LogP contribution in [0.15, 0.2) is 18.2 Å². The van der Waals surface area contributed by atoms with E-state index in [9.17, 15) is 9.50 Å². The van der Waals surface area contributed by atoms with Crippen LogP contribution in [0.2, 0.25) is 0 Å². The summed E-state index contributed by atoms with van der Waals surface area (Å²) in [6.45, 7) is 3.60. The molecule has 20 heavy (non-hydrogen) atoms. The Labute approximate surface area is 119 Å². The third-order valence-electron chi connectivity index (χ3n) is 4.06. The van der Waals surface area contributed by atoms with Crippen molar-refractivity contribution < 1.29 is 9.50 Å². The fourth-order valence-electron chi connectivity index (χ4n) is 2.91. The van der Waals surface area contributed by atoms with Crippen LogP contribution in [0, 0.1) is 17.1 Å². The number of benzene rings is 1. The van der Waals surface area contributed by atoms with Crippen molar-refractivity contribution in [3.63, 3.8) is 0 Å². The van der Waals surface area contributed by atoms with Gasteiger partial charge in [0.2, 0.25) is 0 Å². The number of piperidine rings is 1. The molecule has 1 aromatic carbocycles. The normalized spacial score (nSPS) is 21.4. The summed E-state index contributed by atoms with van der Waals surface area (Å²) in [5, 5.41) is 19.0. The van der Waals surface area contributed by atoms with E-state index in [4.69, 9.17) is 5.26 Å². The van der Waals surface area contributed by atoms with Gasteiger partial charge in [-0.15, -0.1) is 0 Å². The summed E-state index contributed by atoms with van der Waals surface area (Å²) in [7, 11) is 0. The number of hydrogen-bond acceptors (Lipinski definition) is 3. The number of halogens is 1. The van der Waals surface area contributed by atoms with Crippen molar-refractivity contribution in [3.8, 4) is 6.07 Å². The number of nitrogens with zero attached hydrogens (tertiary/aromatic N) is 2. The first-order chi connectivity index (χ1) is 9.65. The molecule has 0 amide bonds. The molecule has 1 saturated heterocycles. The van der Waals surface area contributed by atoms with Crippen LogP contribution in [0.25, 0.3) is 0 Å². The third-order valence-corrected chi connectivity index (χ3v) is 4.06. The topological polar surface area (TPSA) is 47.3 Å². The summed E-state index contributed by atoms with van der Waals surface area (Å²) in [6.07, 6.45) is 3.70. The average Bonchev–Trinajstić information content (AvgIpc) is 2.49. The highest BCUT2D eigenvalue weighted by molar-refractivity contribution is 5.34. The summed E-state index contributed by atoms with van der Waals surface area (Å²) in [4.78, 5) is 2.26. The van der Waals surface area contributed by atoms with Crippen LogP contribution in [-0.4, -0.2) is 28.7 Å². The van der Waals surface area contributed by atoms with Crippen LogP contribution in [-0.2, 0) is 6.54 Å². The highest BCUT2D eigenvalue weighted by Gasteiger charge is 2.27. The van der Waals surface area contributed by atoms with Gasteiger partial charge in [-0.2, -0.15) is 5.26 Å². The van der Waals surface area contributed by atoms with Gasteiger partial charge in [-0.1, -0.05) is 19.4 Å². The molecule has 0 aliphatic carbocycles. The highest BCUT2D eigenvalue weighted by atomic mass is 19.1. The quantitative estimate of drug-likeness (QED) is 0.920. The van der Waals surface area contributed by atoms with Gasteiger partial charge in [0, 0.05) is 12.6 Å². The van der Waals surface area contributed by atoms with Crippen molar-refractivity contribution in [2.45, 2.75) is 51.3 Å². The molecule has 0 saturated carbocycles. The predicted molar refractivity (Wildman–Crippen MR) is 75.5 cm³/mol. The molecule has 2 unspecified atom stereocenters. The lowest BCUT2D eigenvalue weighted by molar-refractivity contribution is 0.0195. The van der Waals surface area contributed by atoms with Crippen molar-refractivity contribution >= 4 is 0 Å². The second-order valence-electron chi connectivity index (χ2n) is 5.44. The maximum absolute atomic E-state index is 13.3. The molecule has 1 aromatic rings. The van der Waals surface area contributed by atoms with Crippen LogP contribution in [0.1, 0.15) is 43.7 Å². The Morgan fingerprint density at radius 1 is 1.50 bits per heavy atom. The zero-order valence-electron chi connectivity index (χ0n) is 11.8. The second kappa shape index (κ2) is 6.83. The molecule has 1 aliphatic rings. The van der Waals surface area contributed by atoms with E-state index in [1.807, 2.05) is 13.0 Å². The summed E-state index contributed by atoms with van der Waals surface area (Å²) < 4.78 is 13.3. The van der Waals surface area contributed by atoms with Crippen molar-refractivity contribution in [2.24, 2.45) is 0 Å². The van der Waals surface area contributed by atoms with Gasteiger partial charge in [-0.05, 0) is 43.5 Å². The van der Waals surface area contributed by atoms with Crippen LogP contribution < -0.4 is 0 Å². The summed E-state index contributed by atoms with van der Waals surface area (Å²) in [6, 6.07) is 6.73. The standard InChI is InChI=1S/C16H21FN2O/c1-2-16(20)15-5-3-4-8-19(15)11-12-6-7-14(17)13(9-12)10-18/h6-7,9,15-16,20H,2-5,8,11H2,1H3. The number of likely N-dealkylation sites (tertiary alicyclic amines) is 1. The number of aliphatic hydroxyl groups excluding tert-OH is 1. The Hall–Kier alpha value is -1.44. The van der Waals surface area contributed by atoms with Crippen LogP contribution >= 0.6 is 0 Å². The lowest BCUT2D eigenvalue weighted by Crippen LogP contribution is -2.46. The molecule has 1 heterocycles. The molecule has 1 aliphatic heterocycles. The van der Waals surface area contributed by atoms with Crippen LogP contribution in [0.3, 0.4) is 0 Å². The first-order valence-electron chi connectivity index (χ1n) is 7.26. The summed E-state index contributed by atoms with van der Waals surface area (Å²) in [5.74, 6) is -0.472. The lowest BCUT2D eigenvalue weighted by Gasteiger charge is -2.38. The van der Waals surface area contributed by atoms with E-state index in [0.717, 1.165) is 37.8 Å². The van der Waals surface area contributed by atoms with Gasteiger partial charge < -0.3 is 5.11 Å². The van der Waals surface area contributed by atoms with E-state index in [-0.39, 0.29) is 17.7 Å². The Kier molecular flexibility index (Phi) is 5.11. The van der Waals surface area contributed by atoms with Crippen LogP contribution in [0.5, 0.6) is 0 Å². The molecule has 0 spiro atoms. The Morgan fingerprint density at radius 3 is 3.00 bits per heavy atom. The minimum absolute atomic E-state index is 0.0899. The van der Waals surface area contributed by atoms with E-state index in [2.05, 4.69) is 4.90 Å². The summed E-state index contributed by atoms with van der Waals surface area (Å²) >= 11 is 0. The van der Waals surface area contributed by atoms with Gasteiger partial charge in [0.15, 0.2) is 0 Å². The van der Waals surface area contributed by atoms with Crippen molar-refractivity contribution in [3.05, 3.63) is 35.1 Å². The number of aliphatic hydroxyl groups is 1. The minimum Gasteiger partial charge on any atom is -0.392 e. The Balaban J connectivity index is 2.12. The Morgan fingerprint density at radius 2 is 2.30 bits per heavy atom. The monoisotopic (exact) mass is 276 g/mol. The zero-order valence-corrected chi connectivity index (χ0v) is 11.8. The van der Waals surface area contributed by atoms with Gasteiger partial charge in [0.1, 0.15) is 11.9 Å². The predicted octanol–water partition coefficient (Wildman–Crippen LogP) is 2.82. The van der Waals surface area contributed by atoms with E-state index in [1.165, 1.54) is 6.07 Å². The van der Waals surface area contributed by atoms with Gasteiger partial charge in [-0.3, -0.25) is 4.90 Å². The third kappa shape index (κ3) is 3.36. The molecule has 2 atom stereocenters. The fourth-order valence-corrected chi connectivity index (χ4v) is 2.91. The molecular formula is C16H21FN2O. The largest absolute Gasteiger partial charge is 0.392 e. The number of rotatable bonds is 4. The SMILES string of the molecule is CCC(O)C1CCCCN1Cc1ccc(F)c(C#N)c1. The maximum Gasteiger partial charge on any atom is 0.140 e. The Bertz CT molecular complexity index is 498. The van der Waals surface area contributed by atoms with E-state index < -0.39 is 5.82 Å². The smallest absolute Gasteiger partial charge is 0.140 e. The molecule has 3 nitrogen and oxygen atoms in total. The molecule has 108 valence electrons. The molecule has 4 heteroatoms.